The Morgan fingerprint density at radius 2 is 2.33 bits per heavy atom. The Morgan fingerprint density at radius 1 is 1.50 bits per heavy atom. The number of fused-ring (bicyclic) bond motifs is 1. The Morgan fingerprint density at radius 3 is 3.06 bits per heavy atom. The van der Waals surface area contributed by atoms with Crippen LogP contribution >= 0.6 is 11.6 Å². The van der Waals surface area contributed by atoms with Crippen molar-refractivity contribution in [3.63, 3.8) is 0 Å². The van der Waals surface area contributed by atoms with Gasteiger partial charge >= 0.3 is 0 Å². The maximum absolute atomic E-state index is 10.8. The highest BCUT2D eigenvalue weighted by atomic mass is 35.5. The molecular weight excluding hydrogens is 252 g/mol. The van der Waals surface area contributed by atoms with E-state index in [1.54, 1.807) is 12.4 Å². The number of carbonyl (C=O) groups is 1. The number of nitrogens with zero attached hydrogens (tertiary/aromatic N) is 3. The molecule has 6 heteroatoms. The Bertz CT molecular complexity index is 552. The third kappa shape index (κ3) is 2.79. The van der Waals surface area contributed by atoms with E-state index in [1.165, 1.54) is 0 Å². The Hall–Kier alpha value is -1.62. The summed E-state index contributed by atoms with van der Waals surface area (Å²) in [7, 11) is 0. The van der Waals surface area contributed by atoms with Gasteiger partial charge in [-0.05, 0) is 12.5 Å². The van der Waals surface area contributed by atoms with E-state index in [-0.39, 0.29) is 5.91 Å². The zero-order chi connectivity index (χ0) is 13.0. The highest BCUT2D eigenvalue weighted by Crippen LogP contribution is 2.16. The molecule has 0 aromatic carbocycles. The average Bonchev–Trinajstić information content (AvgIpc) is 2.68. The van der Waals surface area contributed by atoms with Crippen LogP contribution < -0.4 is 5.73 Å². The largest absolute Gasteiger partial charge is 0.370 e. The lowest BCUT2D eigenvalue weighted by Gasteiger charge is -2.07. The first kappa shape index (κ1) is 12.8. The van der Waals surface area contributed by atoms with E-state index in [2.05, 4.69) is 14.5 Å². The number of alkyl halides is 1. The van der Waals surface area contributed by atoms with Crippen LogP contribution in [-0.4, -0.2) is 26.3 Å². The van der Waals surface area contributed by atoms with Crippen LogP contribution in [0, 0.1) is 0 Å². The molecule has 0 aliphatic carbocycles. The third-order valence-corrected chi connectivity index (χ3v) is 2.94. The fourth-order valence-electron chi connectivity index (χ4n) is 1.97. The van der Waals surface area contributed by atoms with Crippen LogP contribution in [0.15, 0.2) is 18.5 Å². The number of hydrogen-bond acceptors (Lipinski definition) is 3. The van der Waals surface area contributed by atoms with E-state index in [9.17, 15) is 4.79 Å². The summed E-state index contributed by atoms with van der Waals surface area (Å²) in [6.07, 6.45) is 5.26. The van der Waals surface area contributed by atoms with Gasteiger partial charge < -0.3 is 10.3 Å². The maximum Gasteiger partial charge on any atom is 0.217 e. The normalized spacial score (nSPS) is 10.9. The van der Waals surface area contributed by atoms with Gasteiger partial charge in [0.25, 0.3) is 0 Å². The lowest BCUT2D eigenvalue weighted by Crippen LogP contribution is -2.12. The number of carbonyl (C=O) groups excluding carboxylic acids is 1. The summed E-state index contributed by atoms with van der Waals surface area (Å²) in [5, 5.41) is 0. The topological polar surface area (TPSA) is 73.8 Å². The zero-order valence-corrected chi connectivity index (χ0v) is 10.7. The molecule has 0 bridgehead atoms. The molecular formula is C12H15ClN4O. The summed E-state index contributed by atoms with van der Waals surface area (Å²) in [6, 6.07) is 1.92. The Labute approximate surface area is 110 Å². The highest BCUT2D eigenvalue weighted by molar-refractivity contribution is 6.17. The third-order valence-electron chi connectivity index (χ3n) is 2.75. The molecule has 0 aliphatic rings. The molecule has 18 heavy (non-hydrogen) atoms. The number of amides is 1. The van der Waals surface area contributed by atoms with Gasteiger partial charge in [0, 0.05) is 31.5 Å². The summed E-state index contributed by atoms with van der Waals surface area (Å²) < 4.78 is 2.09. The van der Waals surface area contributed by atoms with Gasteiger partial charge in [0.05, 0.1) is 11.7 Å². The fourth-order valence-corrected chi connectivity index (χ4v) is 2.14. The average molecular weight is 267 g/mol. The van der Waals surface area contributed by atoms with Gasteiger partial charge in [-0.25, -0.2) is 4.98 Å². The first-order chi connectivity index (χ1) is 8.72. The van der Waals surface area contributed by atoms with E-state index in [4.69, 9.17) is 17.3 Å². The molecule has 0 saturated heterocycles. The molecule has 96 valence electrons. The van der Waals surface area contributed by atoms with E-state index < -0.39 is 0 Å². The van der Waals surface area contributed by atoms with Crippen molar-refractivity contribution >= 4 is 28.5 Å². The quantitative estimate of drug-likeness (QED) is 0.805. The number of aromatic nitrogens is 3. The van der Waals surface area contributed by atoms with Crippen LogP contribution in [0.5, 0.6) is 0 Å². The van der Waals surface area contributed by atoms with Gasteiger partial charge in [-0.1, -0.05) is 0 Å². The molecule has 0 spiro atoms. The van der Waals surface area contributed by atoms with Crippen LogP contribution in [0.1, 0.15) is 18.7 Å². The van der Waals surface area contributed by atoms with E-state index in [0.717, 1.165) is 23.4 Å². The summed E-state index contributed by atoms with van der Waals surface area (Å²) in [5.74, 6) is 1.17. The molecule has 2 N–H and O–H groups in total. The van der Waals surface area contributed by atoms with Gasteiger partial charge in [0.15, 0.2) is 0 Å². The van der Waals surface area contributed by atoms with Crippen LogP contribution in [0.4, 0.5) is 0 Å². The Balaban J connectivity index is 2.26. The molecule has 2 aromatic heterocycles. The molecule has 0 saturated carbocycles. The number of rotatable bonds is 6. The van der Waals surface area contributed by atoms with Gasteiger partial charge in [-0.3, -0.25) is 9.78 Å². The minimum absolute atomic E-state index is 0.278. The summed E-state index contributed by atoms with van der Waals surface area (Å²) in [4.78, 5) is 19.3. The number of primary amides is 1. The molecule has 1 amide bonds. The van der Waals surface area contributed by atoms with Gasteiger partial charge in [0.1, 0.15) is 11.3 Å². The van der Waals surface area contributed by atoms with Crippen molar-refractivity contribution in [2.45, 2.75) is 25.8 Å². The number of halogens is 1. The van der Waals surface area contributed by atoms with Crippen molar-refractivity contribution in [1.29, 1.82) is 0 Å². The molecule has 0 unspecified atom stereocenters. The van der Waals surface area contributed by atoms with Crippen LogP contribution in [0.3, 0.4) is 0 Å². The van der Waals surface area contributed by atoms with E-state index >= 15 is 0 Å². The highest BCUT2D eigenvalue weighted by Gasteiger charge is 2.10. The fraction of sp³-hybridized carbons (Fsp3) is 0.417. The molecule has 5 nitrogen and oxygen atoms in total. The number of imidazole rings is 1. The zero-order valence-electron chi connectivity index (χ0n) is 9.97. The summed E-state index contributed by atoms with van der Waals surface area (Å²) >= 11 is 5.78. The first-order valence-electron chi connectivity index (χ1n) is 5.85. The molecule has 0 radical (unpaired) electrons. The van der Waals surface area contributed by atoms with Crippen LogP contribution in [0.25, 0.3) is 11.0 Å². The maximum atomic E-state index is 10.8. The van der Waals surface area contributed by atoms with E-state index in [0.29, 0.717) is 25.1 Å². The number of nitrogens with two attached hydrogens (primary N) is 1. The number of pyridine rings is 1. The molecule has 0 fully saturated rings. The number of hydrogen-bond donors (Lipinski definition) is 1. The van der Waals surface area contributed by atoms with Crippen molar-refractivity contribution < 1.29 is 4.79 Å². The SMILES string of the molecule is NC(=O)CCCn1c(CCCl)nc2cnccc21. The minimum Gasteiger partial charge on any atom is -0.370 e. The lowest BCUT2D eigenvalue weighted by atomic mass is 10.3. The van der Waals surface area contributed by atoms with E-state index in [1.807, 2.05) is 6.07 Å². The lowest BCUT2D eigenvalue weighted by molar-refractivity contribution is -0.118. The molecule has 2 aromatic rings. The molecule has 0 atom stereocenters. The van der Waals surface area contributed by atoms with Crippen molar-refractivity contribution in [3.05, 3.63) is 24.3 Å². The summed E-state index contributed by atoms with van der Waals surface area (Å²) in [6.45, 7) is 0.718. The first-order valence-corrected chi connectivity index (χ1v) is 6.39. The molecule has 2 heterocycles. The standard InChI is InChI=1S/C12H15ClN4O/c13-5-3-12-16-9-8-15-6-4-10(9)17(12)7-1-2-11(14)18/h4,6,8H,1-3,5,7H2,(H2,14,18). The summed E-state index contributed by atoms with van der Waals surface area (Å²) in [5.41, 5.74) is 7.03. The monoisotopic (exact) mass is 266 g/mol. The molecule has 0 aliphatic heterocycles. The predicted molar refractivity (Wildman–Crippen MR) is 70.4 cm³/mol. The van der Waals surface area contributed by atoms with Crippen LogP contribution in [-0.2, 0) is 17.8 Å². The second-order valence-electron chi connectivity index (χ2n) is 4.05. The van der Waals surface area contributed by atoms with Crippen LogP contribution in [0.2, 0.25) is 0 Å². The second kappa shape index (κ2) is 5.82. The van der Waals surface area contributed by atoms with Crippen molar-refractivity contribution in [3.8, 4) is 0 Å². The van der Waals surface area contributed by atoms with Crippen molar-refractivity contribution in [2.75, 3.05) is 5.88 Å². The molecule has 2 rings (SSSR count). The second-order valence-corrected chi connectivity index (χ2v) is 4.43. The van der Waals surface area contributed by atoms with Crippen molar-refractivity contribution in [1.82, 2.24) is 14.5 Å². The van der Waals surface area contributed by atoms with Gasteiger partial charge in [0.2, 0.25) is 5.91 Å². The number of aryl methyl sites for hydroxylation is 2. The minimum atomic E-state index is -0.278. The smallest absolute Gasteiger partial charge is 0.217 e. The van der Waals surface area contributed by atoms with Gasteiger partial charge in [-0.2, -0.15) is 0 Å². The Kier molecular flexibility index (Phi) is 4.15. The van der Waals surface area contributed by atoms with Crippen molar-refractivity contribution in [2.24, 2.45) is 5.73 Å². The predicted octanol–water partition coefficient (Wildman–Crippen LogP) is 1.48. The van der Waals surface area contributed by atoms with Gasteiger partial charge in [-0.15, -0.1) is 11.6 Å².